The van der Waals surface area contributed by atoms with Gasteiger partial charge in [-0.25, -0.2) is 8.78 Å². The van der Waals surface area contributed by atoms with Crippen molar-refractivity contribution in [1.82, 2.24) is 20.2 Å². The Morgan fingerprint density at radius 1 is 1.07 bits per heavy atom. The van der Waals surface area contributed by atoms with Crippen LogP contribution < -0.4 is 19.9 Å². The van der Waals surface area contributed by atoms with E-state index < -0.39 is 5.92 Å². The fourth-order valence-corrected chi connectivity index (χ4v) is 6.52. The van der Waals surface area contributed by atoms with Crippen LogP contribution in [0.5, 0.6) is 6.01 Å². The molecule has 1 N–H and O–H groups in total. The van der Waals surface area contributed by atoms with Crippen LogP contribution >= 0.6 is 0 Å². The molecule has 0 amide bonds. The summed E-state index contributed by atoms with van der Waals surface area (Å²) in [6, 6.07) is 15.6. The maximum absolute atomic E-state index is 13.6. The van der Waals surface area contributed by atoms with Gasteiger partial charge >= 0.3 is 6.01 Å². The third kappa shape index (κ3) is 6.27. The molecule has 2 fully saturated rings. The van der Waals surface area contributed by atoms with Crippen LogP contribution in [0.1, 0.15) is 42.5 Å². The number of nitrogens with zero attached hydrogens (tertiary/aromatic N) is 6. The van der Waals surface area contributed by atoms with Crippen LogP contribution in [0.2, 0.25) is 0 Å². The molecule has 6 rings (SSSR count). The SMILES string of the molecule is Cc1cccc2cccc(N3CCCc4c(nc(OCCN5CCC(F)(F)CC5)nc4N4CCNC(CC#N)C4)C3)c12. The fraction of sp³-hybridized carbons (Fsp3) is 0.531. The summed E-state index contributed by atoms with van der Waals surface area (Å²) >= 11 is 0. The second-order valence-electron chi connectivity index (χ2n) is 11.7. The summed E-state index contributed by atoms with van der Waals surface area (Å²) in [5, 5.41) is 15.2. The second-order valence-corrected chi connectivity index (χ2v) is 11.7. The summed E-state index contributed by atoms with van der Waals surface area (Å²) in [4.78, 5) is 16.6. The highest BCUT2D eigenvalue weighted by Gasteiger charge is 2.34. The van der Waals surface area contributed by atoms with E-state index in [0.29, 0.717) is 51.8 Å². The first-order valence-corrected chi connectivity index (χ1v) is 15.1. The van der Waals surface area contributed by atoms with Gasteiger partial charge in [0.2, 0.25) is 0 Å². The molecule has 0 radical (unpaired) electrons. The number of benzene rings is 2. The Hall–Kier alpha value is -3.55. The highest BCUT2D eigenvalue weighted by Crippen LogP contribution is 2.35. The number of nitriles is 1. The van der Waals surface area contributed by atoms with Gasteiger partial charge in [0.05, 0.1) is 24.7 Å². The first-order chi connectivity index (χ1) is 20.4. The highest BCUT2D eigenvalue weighted by atomic mass is 19.3. The minimum atomic E-state index is -2.56. The standard InChI is InChI=1S/C32H39F2N7O/c1-23-5-2-6-24-7-3-9-28(29(23)24)40-15-4-8-26-27(22-40)37-31(42-20-19-39-16-11-32(33,34)12-17-39)38-30(26)41-18-14-36-25(21-41)10-13-35/h2-3,5-7,9,25,36H,4,8,10-12,14-22H2,1H3. The molecule has 0 saturated carbocycles. The summed E-state index contributed by atoms with van der Waals surface area (Å²) in [6.07, 6.45) is 2.06. The van der Waals surface area contributed by atoms with Crippen molar-refractivity contribution in [3.05, 3.63) is 53.2 Å². The van der Waals surface area contributed by atoms with E-state index in [1.54, 1.807) is 0 Å². The Balaban J connectivity index is 1.29. The average molecular weight is 576 g/mol. The number of anilines is 2. The smallest absolute Gasteiger partial charge is 0.318 e. The molecule has 8 nitrogen and oxygen atoms in total. The number of rotatable bonds is 7. The van der Waals surface area contributed by atoms with Crippen molar-refractivity contribution in [1.29, 1.82) is 5.26 Å². The first kappa shape index (κ1) is 28.6. The van der Waals surface area contributed by atoms with Crippen LogP contribution in [0.3, 0.4) is 0 Å². The lowest BCUT2D eigenvalue weighted by molar-refractivity contribution is -0.0565. The largest absolute Gasteiger partial charge is 0.462 e. The van der Waals surface area contributed by atoms with Crippen molar-refractivity contribution < 1.29 is 13.5 Å². The van der Waals surface area contributed by atoms with E-state index in [-0.39, 0.29) is 18.9 Å². The maximum Gasteiger partial charge on any atom is 0.318 e. The molecule has 10 heteroatoms. The van der Waals surface area contributed by atoms with Gasteiger partial charge in [-0.2, -0.15) is 15.2 Å². The van der Waals surface area contributed by atoms with E-state index in [0.717, 1.165) is 49.6 Å². The molecule has 3 aromatic rings. The summed E-state index contributed by atoms with van der Waals surface area (Å²) in [6.45, 7) is 7.61. The predicted molar refractivity (Wildman–Crippen MR) is 160 cm³/mol. The molecular formula is C32H39F2N7O. The number of halogens is 2. The van der Waals surface area contributed by atoms with Gasteiger partial charge < -0.3 is 19.9 Å². The van der Waals surface area contributed by atoms with E-state index >= 15 is 0 Å². The minimum absolute atomic E-state index is 0.0805. The van der Waals surface area contributed by atoms with E-state index in [9.17, 15) is 14.0 Å². The van der Waals surface area contributed by atoms with Gasteiger partial charge in [0.25, 0.3) is 5.92 Å². The number of piperidine rings is 1. The molecule has 2 aromatic carbocycles. The topological polar surface area (TPSA) is 80.6 Å². The number of aryl methyl sites for hydroxylation is 1. The predicted octanol–water partition coefficient (Wildman–Crippen LogP) is 4.69. The van der Waals surface area contributed by atoms with Gasteiger partial charge in [-0.1, -0.05) is 30.3 Å². The molecule has 0 aliphatic carbocycles. The molecule has 0 spiro atoms. The molecule has 2 saturated heterocycles. The molecule has 1 atom stereocenters. The second kappa shape index (κ2) is 12.4. The van der Waals surface area contributed by atoms with Gasteiger partial charge in [0.15, 0.2) is 0 Å². The van der Waals surface area contributed by atoms with Crippen LogP contribution in [0, 0.1) is 18.3 Å². The quantitative estimate of drug-likeness (QED) is 0.435. The molecule has 3 aliphatic rings. The Labute approximate surface area is 246 Å². The number of aromatic nitrogens is 2. The number of nitrogens with one attached hydrogen (secondary N) is 1. The van der Waals surface area contributed by atoms with Crippen LogP contribution in [0.15, 0.2) is 36.4 Å². The molecule has 0 bridgehead atoms. The number of ether oxygens (including phenoxy) is 1. The molecule has 4 heterocycles. The lowest BCUT2D eigenvalue weighted by Crippen LogP contribution is -2.51. The number of hydrogen-bond acceptors (Lipinski definition) is 8. The summed E-state index contributed by atoms with van der Waals surface area (Å²) in [5.41, 5.74) is 4.57. The van der Waals surface area contributed by atoms with Gasteiger partial charge in [0.1, 0.15) is 12.4 Å². The highest BCUT2D eigenvalue weighted by molar-refractivity contribution is 5.96. The number of likely N-dealkylation sites (tertiary alicyclic amines) is 1. The van der Waals surface area contributed by atoms with Gasteiger partial charge in [-0.3, -0.25) is 4.90 Å². The average Bonchev–Trinajstić information content (AvgIpc) is 3.20. The molecule has 222 valence electrons. The third-order valence-corrected chi connectivity index (χ3v) is 8.80. The zero-order chi connectivity index (χ0) is 29.1. The van der Waals surface area contributed by atoms with Gasteiger partial charge in [0, 0.05) is 81.3 Å². The Bertz CT molecular complexity index is 1440. The minimum Gasteiger partial charge on any atom is -0.462 e. The van der Waals surface area contributed by atoms with Crippen molar-refractivity contribution in [2.24, 2.45) is 0 Å². The monoisotopic (exact) mass is 575 g/mol. The van der Waals surface area contributed by atoms with E-state index in [2.05, 4.69) is 64.5 Å². The van der Waals surface area contributed by atoms with Crippen molar-refractivity contribution in [3.8, 4) is 12.1 Å². The molecule has 42 heavy (non-hydrogen) atoms. The van der Waals surface area contributed by atoms with Gasteiger partial charge in [-0.15, -0.1) is 0 Å². The van der Waals surface area contributed by atoms with Crippen LogP contribution in [-0.4, -0.2) is 79.3 Å². The Morgan fingerprint density at radius 2 is 1.88 bits per heavy atom. The fourth-order valence-electron chi connectivity index (χ4n) is 6.52. The van der Waals surface area contributed by atoms with Crippen LogP contribution in [0.4, 0.5) is 20.3 Å². The maximum atomic E-state index is 13.6. The number of fused-ring (bicyclic) bond motifs is 2. The van der Waals surface area contributed by atoms with Crippen LogP contribution in [0.25, 0.3) is 10.8 Å². The van der Waals surface area contributed by atoms with Crippen molar-refractivity contribution in [2.45, 2.75) is 57.5 Å². The summed E-state index contributed by atoms with van der Waals surface area (Å²) in [7, 11) is 0. The molecule has 1 unspecified atom stereocenters. The van der Waals surface area contributed by atoms with Crippen molar-refractivity contribution >= 4 is 22.3 Å². The molecular weight excluding hydrogens is 536 g/mol. The third-order valence-electron chi connectivity index (χ3n) is 8.80. The number of hydrogen-bond donors (Lipinski definition) is 1. The Morgan fingerprint density at radius 3 is 2.69 bits per heavy atom. The van der Waals surface area contributed by atoms with E-state index in [4.69, 9.17) is 14.7 Å². The summed E-state index contributed by atoms with van der Waals surface area (Å²) < 4.78 is 33.4. The lowest BCUT2D eigenvalue weighted by atomic mass is 10.0. The number of piperazine rings is 1. The molecule has 1 aromatic heterocycles. The normalized spacial score (nSPS) is 21.0. The van der Waals surface area contributed by atoms with Crippen molar-refractivity contribution in [3.63, 3.8) is 0 Å². The first-order valence-electron chi connectivity index (χ1n) is 15.1. The van der Waals surface area contributed by atoms with E-state index in [1.807, 2.05) is 4.90 Å². The number of alkyl halides is 2. The summed E-state index contributed by atoms with van der Waals surface area (Å²) in [5.74, 6) is -1.67. The van der Waals surface area contributed by atoms with E-state index in [1.165, 1.54) is 22.0 Å². The van der Waals surface area contributed by atoms with Crippen molar-refractivity contribution in [2.75, 3.05) is 62.2 Å². The van der Waals surface area contributed by atoms with Crippen LogP contribution in [-0.2, 0) is 13.0 Å². The zero-order valence-electron chi connectivity index (χ0n) is 24.3. The lowest BCUT2D eigenvalue weighted by Gasteiger charge is -2.35. The zero-order valence-corrected chi connectivity index (χ0v) is 24.3. The van der Waals surface area contributed by atoms with Gasteiger partial charge in [-0.05, 0) is 36.8 Å². The molecule has 3 aliphatic heterocycles. The Kier molecular flexibility index (Phi) is 8.41.